The van der Waals surface area contributed by atoms with Crippen LogP contribution in [-0.4, -0.2) is 0 Å². The van der Waals surface area contributed by atoms with Crippen molar-refractivity contribution in [3.05, 3.63) is 52.7 Å². The van der Waals surface area contributed by atoms with Crippen molar-refractivity contribution in [2.24, 2.45) is 7.05 Å². The van der Waals surface area contributed by atoms with Crippen molar-refractivity contribution < 1.29 is 4.57 Å². The van der Waals surface area contributed by atoms with Crippen molar-refractivity contribution in [3.8, 4) is 11.3 Å². The summed E-state index contributed by atoms with van der Waals surface area (Å²) in [5.74, 6) is 0.569. The van der Waals surface area contributed by atoms with Gasteiger partial charge in [-0.15, -0.1) is 0 Å². The molecule has 1 heterocycles. The molecule has 1 heteroatoms. The Morgan fingerprint density at radius 3 is 2.21 bits per heavy atom. The van der Waals surface area contributed by atoms with Gasteiger partial charge in [-0.2, -0.15) is 0 Å². The molecule has 2 aromatic rings. The lowest BCUT2D eigenvalue weighted by Crippen LogP contribution is -2.32. The normalized spacial score (nSPS) is 11.1. The summed E-state index contributed by atoms with van der Waals surface area (Å²) in [4.78, 5) is 0. The highest BCUT2D eigenvalue weighted by Crippen LogP contribution is 2.25. The molecule has 0 saturated heterocycles. The second-order valence-corrected chi connectivity index (χ2v) is 5.88. The molecule has 0 aliphatic rings. The van der Waals surface area contributed by atoms with E-state index in [2.05, 4.69) is 76.7 Å². The van der Waals surface area contributed by atoms with Crippen molar-refractivity contribution in [2.45, 2.75) is 40.5 Å². The van der Waals surface area contributed by atoms with E-state index in [9.17, 15) is 0 Å². The zero-order valence-corrected chi connectivity index (χ0v) is 12.9. The second-order valence-electron chi connectivity index (χ2n) is 5.88. The molecule has 0 saturated carbocycles. The van der Waals surface area contributed by atoms with Crippen LogP contribution in [0.3, 0.4) is 0 Å². The van der Waals surface area contributed by atoms with E-state index in [1.165, 1.54) is 33.5 Å². The fourth-order valence-corrected chi connectivity index (χ4v) is 2.74. The predicted octanol–water partition coefficient (Wildman–Crippen LogP) is 4.23. The van der Waals surface area contributed by atoms with Crippen molar-refractivity contribution in [1.29, 1.82) is 0 Å². The molecule has 1 nitrogen and oxygen atoms in total. The molecule has 0 aliphatic heterocycles. The Morgan fingerprint density at radius 2 is 1.63 bits per heavy atom. The third kappa shape index (κ3) is 2.70. The SMILES string of the molecule is Cc1ccc(-c2cc(C)c(C(C)C)c[n+]2C)c(C)c1. The summed E-state index contributed by atoms with van der Waals surface area (Å²) in [6.07, 6.45) is 2.27. The maximum Gasteiger partial charge on any atom is 0.212 e. The standard InChI is InChI=1S/C18H24N/c1-12(2)17-11-19(6)18(10-15(17)5)16-8-7-13(3)9-14(16)4/h7-12H,1-6H3/q+1. The first-order valence-electron chi connectivity index (χ1n) is 6.98. The van der Waals surface area contributed by atoms with Crippen molar-refractivity contribution in [1.82, 2.24) is 0 Å². The molecular formula is C18H24N+. The van der Waals surface area contributed by atoms with E-state index >= 15 is 0 Å². The molecule has 0 unspecified atom stereocenters. The van der Waals surface area contributed by atoms with Crippen LogP contribution < -0.4 is 4.57 Å². The topological polar surface area (TPSA) is 3.88 Å². The second kappa shape index (κ2) is 5.16. The van der Waals surface area contributed by atoms with E-state index in [4.69, 9.17) is 0 Å². The fourth-order valence-electron chi connectivity index (χ4n) is 2.74. The lowest BCUT2D eigenvalue weighted by atomic mass is 9.96. The third-order valence-electron chi connectivity index (χ3n) is 3.80. The summed E-state index contributed by atoms with van der Waals surface area (Å²) >= 11 is 0. The van der Waals surface area contributed by atoms with Gasteiger partial charge in [0.2, 0.25) is 5.69 Å². The summed E-state index contributed by atoms with van der Waals surface area (Å²) < 4.78 is 2.25. The predicted molar refractivity (Wildman–Crippen MR) is 81.4 cm³/mol. The third-order valence-corrected chi connectivity index (χ3v) is 3.80. The molecule has 2 rings (SSSR count). The number of benzene rings is 1. The monoisotopic (exact) mass is 254 g/mol. The average Bonchev–Trinajstić information content (AvgIpc) is 2.32. The highest BCUT2D eigenvalue weighted by atomic mass is 14.9. The number of aromatic nitrogens is 1. The van der Waals surface area contributed by atoms with Crippen molar-refractivity contribution in [3.63, 3.8) is 0 Å². The summed E-state index contributed by atoms with van der Waals surface area (Å²) in [7, 11) is 2.14. The van der Waals surface area contributed by atoms with Gasteiger partial charge in [-0.25, -0.2) is 4.57 Å². The number of hydrogen-bond acceptors (Lipinski definition) is 0. The zero-order valence-electron chi connectivity index (χ0n) is 12.9. The van der Waals surface area contributed by atoms with E-state index in [1.54, 1.807) is 0 Å². The largest absolute Gasteiger partial charge is 0.212 e. The molecule has 0 amide bonds. The maximum atomic E-state index is 2.31. The van der Waals surface area contributed by atoms with E-state index in [0.29, 0.717) is 5.92 Å². The Labute approximate surface area is 116 Å². The minimum Gasteiger partial charge on any atom is -0.201 e. The molecule has 1 aromatic heterocycles. The van der Waals surface area contributed by atoms with E-state index in [-0.39, 0.29) is 0 Å². The lowest BCUT2D eigenvalue weighted by Gasteiger charge is -2.11. The van der Waals surface area contributed by atoms with E-state index in [1.807, 2.05) is 0 Å². The number of nitrogens with zero attached hydrogens (tertiary/aromatic N) is 1. The summed E-state index contributed by atoms with van der Waals surface area (Å²) in [5, 5.41) is 0. The molecule has 100 valence electrons. The van der Waals surface area contributed by atoms with Gasteiger partial charge in [0, 0.05) is 17.2 Å². The van der Waals surface area contributed by atoms with Gasteiger partial charge in [-0.1, -0.05) is 31.5 Å². The van der Waals surface area contributed by atoms with Crippen LogP contribution in [0.2, 0.25) is 0 Å². The van der Waals surface area contributed by atoms with Gasteiger partial charge in [-0.05, 0) is 43.9 Å². The molecule has 1 aromatic carbocycles. The first-order valence-corrected chi connectivity index (χ1v) is 6.98. The van der Waals surface area contributed by atoms with Gasteiger partial charge < -0.3 is 0 Å². The zero-order chi connectivity index (χ0) is 14.2. The molecule has 0 atom stereocenters. The van der Waals surface area contributed by atoms with Gasteiger partial charge in [-0.3, -0.25) is 0 Å². The first-order chi connectivity index (χ1) is 8.90. The van der Waals surface area contributed by atoms with Gasteiger partial charge in [0.15, 0.2) is 6.20 Å². The van der Waals surface area contributed by atoms with Crippen LogP contribution >= 0.6 is 0 Å². The van der Waals surface area contributed by atoms with Crippen LogP contribution in [0.1, 0.15) is 42.0 Å². The van der Waals surface area contributed by atoms with Crippen LogP contribution in [0.15, 0.2) is 30.5 Å². The van der Waals surface area contributed by atoms with Gasteiger partial charge in [0.05, 0.1) is 0 Å². The van der Waals surface area contributed by atoms with Crippen LogP contribution in [0.5, 0.6) is 0 Å². The van der Waals surface area contributed by atoms with E-state index in [0.717, 1.165) is 0 Å². The molecule has 0 bridgehead atoms. The van der Waals surface area contributed by atoms with E-state index < -0.39 is 0 Å². The Kier molecular flexibility index (Phi) is 3.75. The van der Waals surface area contributed by atoms with Crippen molar-refractivity contribution in [2.75, 3.05) is 0 Å². The minimum absolute atomic E-state index is 0.569. The number of hydrogen-bond donors (Lipinski definition) is 0. The average molecular weight is 254 g/mol. The maximum absolute atomic E-state index is 2.31. The molecule has 19 heavy (non-hydrogen) atoms. The molecule has 0 aliphatic carbocycles. The Bertz CT molecular complexity index is 609. The lowest BCUT2D eigenvalue weighted by molar-refractivity contribution is -0.660. The Balaban J connectivity index is 2.60. The van der Waals surface area contributed by atoms with Gasteiger partial charge >= 0.3 is 0 Å². The smallest absolute Gasteiger partial charge is 0.201 e. The quantitative estimate of drug-likeness (QED) is 0.706. The summed E-state index contributed by atoms with van der Waals surface area (Å²) in [5.41, 5.74) is 8.08. The molecule has 0 radical (unpaired) electrons. The summed E-state index contributed by atoms with van der Waals surface area (Å²) in [6, 6.07) is 8.98. The van der Waals surface area contributed by atoms with Crippen LogP contribution in [0, 0.1) is 20.8 Å². The molecule has 0 fully saturated rings. The molecular weight excluding hydrogens is 230 g/mol. The molecule has 0 N–H and O–H groups in total. The minimum atomic E-state index is 0.569. The highest BCUT2D eigenvalue weighted by molar-refractivity contribution is 5.62. The number of pyridine rings is 1. The van der Waals surface area contributed by atoms with Gasteiger partial charge in [0.25, 0.3) is 0 Å². The summed E-state index contributed by atoms with van der Waals surface area (Å²) in [6.45, 7) is 11.0. The van der Waals surface area contributed by atoms with Crippen LogP contribution in [0.25, 0.3) is 11.3 Å². The highest BCUT2D eigenvalue weighted by Gasteiger charge is 2.16. The fraction of sp³-hybridized carbons (Fsp3) is 0.389. The first kappa shape index (κ1) is 13.8. The molecule has 0 spiro atoms. The van der Waals surface area contributed by atoms with Crippen molar-refractivity contribution >= 4 is 0 Å². The number of rotatable bonds is 2. The Morgan fingerprint density at radius 1 is 0.947 bits per heavy atom. The van der Waals surface area contributed by atoms with Crippen LogP contribution in [0.4, 0.5) is 0 Å². The van der Waals surface area contributed by atoms with Gasteiger partial charge in [0.1, 0.15) is 7.05 Å². The Hall–Kier alpha value is -1.63. The number of aryl methyl sites for hydroxylation is 4. The van der Waals surface area contributed by atoms with Crippen LogP contribution in [-0.2, 0) is 7.05 Å².